The van der Waals surface area contributed by atoms with Gasteiger partial charge in [-0.25, -0.2) is 0 Å². The van der Waals surface area contributed by atoms with E-state index in [2.05, 4.69) is 27.9 Å². The third-order valence-corrected chi connectivity index (χ3v) is 2.62. The Kier molecular flexibility index (Phi) is 5.54. The van der Waals surface area contributed by atoms with Gasteiger partial charge in [0.1, 0.15) is 0 Å². The van der Waals surface area contributed by atoms with Crippen LogP contribution in [0.2, 0.25) is 0 Å². The summed E-state index contributed by atoms with van der Waals surface area (Å²) in [5.74, 6) is -1.28. The van der Waals surface area contributed by atoms with E-state index in [1.165, 1.54) is 0 Å². The predicted molar refractivity (Wildman–Crippen MR) is 53.8 cm³/mol. The van der Waals surface area contributed by atoms with Crippen molar-refractivity contribution < 1.29 is 32.5 Å². The first-order valence-electron chi connectivity index (χ1n) is 4.11. The molecule has 0 atom stereocenters. The molecule has 0 bridgehead atoms. The summed E-state index contributed by atoms with van der Waals surface area (Å²) in [6.45, 7) is 3.49. The van der Waals surface area contributed by atoms with E-state index in [-0.39, 0.29) is 0 Å². The Morgan fingerprint density at radius 2 is 1.06 bits per heavy atom. The Hall–Kier alpha value is -2.23. The smallest absolute Gasteiger partial charge is 0.357 e. The van der Waals surface area contributed by atoms with Crippen LogP contribution < -0.4 is 0 Å². The minimum absolute atomic E-state index is 0.426. The van der Waals surface area contributed by atoms with Crippen molar-refractivity contribution in [3.63, 3.8) is 0 Å². The van der Waals surface area contributed by atoms with Gasteiger partial charge in [0.05, 0.1) is 20.8 Å². The van der Waals surface area contributed by atoms with Gasteiger partial charge in [-0.15, -0.1) is 14.4 Å². The number of rotatable bonds is 3. The van der Waals surface area contributed by atoms with Gasteiger partial charge in [-0.1, -0.05) is 0 Å². The van der Waals surface area contributed by atoms with E-state index in [1.807, 2.05) is 0 Å². The van der Waals surface area contributed by atoms with Crippen LogP contribution >= 0.6 is 7.82 Å². The molecule has 0 saturated carbocycles. The Bertz CT molecular complexity index is 425. The van der Waals surface area contributed by atoms with Crippen LogP contribution in [0.5, 0.6) is 0 Å². The SMILES string of the molecule is CC(=[N+]=[N-])OP(=O)(OC(C)=[N+]=[N-])OC(C)=[N+]=[N-]. The standard InChI is InChI=1S/C6H9N6O4P/c1-4(10-7)14-17(13,15-5(2)11-8)16-6(3)12-9/h1-3H3. The summed E-state index contributed by atoms with van der Waals surface area (Å²) >= 11 is 0. The van der Waals surface area contributed by atoms with Crippen molar-refractivity contribution in [1.29, 1.82) is 0 Å². The molecule has 0 aromatic rings. The zero-order valence-electron chi connectivity index (χ0n) is 9.26. The molecule has 0 aromatic heterocycles. The Labute approximate surface area is 96.2 Å². The van der Waals surface area contributed by atoms with Crippen LogP contribution in [0, 0.1) is 0 Å². The van der Waals surface area contributed by atoms with Crippen molar-refractivity contribution in [1.82, 2.24) is 0 Å². The van der Waals surface area contributed by atoms with Gasteiger partial charge < -0.3 is 30.2 Å². The zero-order valence-corrected chi connectivity index (χ0v) is 10.2. The molecule has 0 amide bonds. The van der Waals surface area contributed by atoms with Crippen LogP contribution in [0.4, 0.5) is 0 Å². The van der Waals surface area contributed by atoms with Gasteiger partial charge >= 0.3 is 25.5 Å². The fourth-order valence-electron chi connectivity index (χ4n) is 0.596. The van der Waals surface area contributed by atoms with Crippen LogP contribution in [-0.4, -0.2) is 32.1 Å². The maximum absolute atomic E-state index is 11.9. The summed E-state index contributed by atoms with van der Waals surface area (Å²) < 4.78 is 25.6. The van der Waals surface area contributed by atoms with Crippen molar-refractivity contribution in [2.24, 2.45) is 0 Å². The maximum Gasteiger partial charge on any atom is 0.661 e. The van der Waals surface area contributed by atoms with Crippen LogP contribution in [0.15, 0.2) is 0 Å². The van der Waals surface area contributed by atoms with Crippen molar-refractivity contribution in [3.8, 4) is 0 Å². The summed E-state index contributed by atoms with van der Waals surface area (Å²) in [6.07, 6.45) is 0. The number of hydrogen-bond acceptors (Lipinski definition) is 4. The van der Waals surface area contributed by atoms with E-state index in [0.29, 0.717) is 0 Å². The van der Waals surface area contributed by atoms with E-state index in [1.54, 1.807) is 0 Å². The van der Waals surface area contributed by atoms with Crippen LogP contribution in [-0.2, 0) is 18.1 Å². The third kappa shape index (κ3) is 5.41. The highest BCUT2D eigenvalue weighted by molar-refractivity contribution is 7.50. The predicted octanol–water partition coefficient (Wildman–Crippen LogP) is 1.09. The number of hydrogen-bond donors (Lipinski definition) is 0. The molecule has 0 heterocycles. The minimum atomic E-state index is -4.31. The summed E-state index contributed by atoms with van der Waals surface area (Å²) in [4.78, 5) is 7.79. The van der Waals surface area contributed by atoms with E-state index in [4.69, 9.17) is 16.6 Å². The largest absolute Gasteiger partial charge is 0.661 e. The van der Waals surface area contributed by atoms with Gasteiger partial charge in [0.15, 0.2) is 0 Å². The average molecular weight is 260 g/mol. The van der Waals surface area contributed by atoms with Crippen LogP contribution in [0.25, 0.3) is 16.6 Å². The summed E-state index contributed by atoms with van der Waals surface area (Å²) in [5, 5.41) is 0. The second-order valence-electron chi connectivity index (χ2n) is 2.58. The van der Waals surface area contributed by atoms with E-state index in [9.17, 15) is 4.57 Å². The van der Waals surface area contributed by atoms with Crippen LogP contribution in [0.3, 0.4) is 0 Å². The van der Waals surface area contributed by atoms with Gasteiger partial charge in [-0.2, -0.15) is 4.57 Å². The highest BCUT2D eigenvalue weighted by Crippen LogP contribution is 2.49. The molecule has 0 radical (unpaired) electrons. The maximum atomic E-state index is 11.9. The molecular formula is C6H9N6O4P. The van der Waals surface area contributed by atoms with Crippen molar-refractivity contribution in [2.75, 3.05) is 0 Å². The zero-order chi connectivity index (χ0) is 13.5. The van der Waals surface area contributed by atoms with Gasteiger partial charge in [0.25, 0.3) is 0 Å². The lowest BCUT2D eigenvalue weighted by atomic mass is 10.8. The molecule has 92 valence electrons. The van der Waals surface area contributed by atoms with Gasteiger partial charge in [0, 0.05) is 0 Å². The molecule has 17 heavy (non-hydrogen) atoms. The van der Waals surface area contributed by atoms with Crippen molar-refractivity contribution in [3.05, 3.63) is 16.6 Å². The molecule has 0 aliphatic carbocycles. The highest BCUT2D eigenvalue weighted by atomic mass is 31.2. The van der Waals surface area contributed by atoms with E-state index < -0.39 is 25.5 Å². The minimum Gasteiger partial charge on any atom is -0.357 e. The topological polar surface area (TPSA) is 154 Å². The fourth-order valence-corrected chi connectivity index (χ4v) is 1.79. The van der Waals surface area contributed by atoms with Gasteiger partial charge in [-0.05, 0) is 0 Å². The molecule has 0 aromatic carbocycles. The molecule has 0 fully saturated rings. The Balaban J connectivity index is 5.20. The number of nitrogens with zero attached hydrogens (tertiary/aromatic N) is 6. The first-order chi connectivity index (χ1) is 7.86. The lowest BCUT2D eigenvalue weighted by Crippen LogP contribution is -2.11. The summed E-state index contributed by atoms with van der Waals surface area (Å²) in [7, 11) is -4.31. The molecule has 0 N–H and O–H groups in total. The van der Waals surface area contributed by atoms with E-state index in [0.717, 1.165) is 20.8 Å². The highest BCUT2D eigenvalue weighted by Gasteiger charge is 2.40. The first-order valence-corrected chi connectivity index (χ1v) is 5.57. The third-order valence-electron chi connectivity index (χ3n) is 1.15. The normalized spacial score (nSPS) is 11.9. The summed E-state index contributed by atoms with van der Waals surface area (Å²) in [6, 6.07) is 0. The Morgan fingerprint density at radius 1 is 0.824 bits per heavy atom. The lowest BCUT2D eigenvalue weighted by molar-refractivity contribution is -0.0438. The average Bonchev–Trinajstić information content (AvgIpc) is 2.27. The number of phosphoric ester groups is 1. The number of phosphoric acid groups is 1. The quantitative estimate of drug-likeness (QED) is 0.245. The molecule has 0 spiro atoms. The molecule has 10 nitrogen and oxygen atoms in total. The van der Waals surface area contributed by atoms with Crippen LogP contribution in [0.1, 0.15) is 20.8 Å². The van der Waals surface area contributed by atoms with Crippen molar-refractivity contribution in [2.45, 2.75) is 20.8 Å². The molecule has 0 aliphatic heterocycles. The van der Waals surface area contributed by atoms with Crippen molar-refractivity contribution >= 4 is 25.5 Å². The second-order valence-corrected chi connectivity index (χ2v) is 4.02. The first kappa shape index (κ1) is 14.8. The molecular weight excluding hydrogens is 251 g/mol. The van der Waals surface area contributed by atoms with Gasteiger partial charge in [0.2, 0.25) is 0 Å². The molecule has 0 rings (SSSR count). The summed E-state index contributed by atoms with van der Waals surface area (Å²) in [5.41, 5.74) is 25.1. The second kappa shape index (κ2) is 6.37. The lowest BCUT2D eigenvalue weighted by Gasteiger charge is -2.09. The molecule has 11 heteroatoms. The molecule has 0 saturated heterocycles. The Morgan fingerprint density at radius 3 is 1.24 bits per heavy atom. The fraction of sp³-hybridized carbons (Fsp3) is 0.500. The van der Waals surface area contributed by atoms with Gasteiger partial charge in [-0.3, -0.25) is 0 Å². The van der Waals surface area contributed by atoms with E-state index >= 15 is 0 Å². The molecule has 0 aliphatic rings. The molecule has 0 unspecified atom stereocenters. The monoisotopic (exact) mass is 260 g/mol.